The molecule has 164 valence electrons. The van der Waals surface area contributed by atoms with Gasteiger partial charge in [0, 0.05) is 19.6 Å². The van der Waals surface area contributed by atoms with Crippen molar-refractivity contribution in [2.24, 2.45) is 5.73 Å². The van der Waals surface area contributed by atoms with Crippen LogP contribution in [-0.2, 0) is 9.59 Å². The van der Waals surface area contributed by atoms with Crippen molar-refractivity contribution in [3.05, 3.63) is 0 Å². The third-order valence-corrected chi connectivity index (χ3v) is 3.55. The van der Waals surface area contributed by atoms with Gasteiger partial charge in [-0.05, 0) is 44.4 Å². The maximum atomic E-state index is 12.1. The molecule has 0 rings (SSSR count). The lowest BCUT2D eigenvalue weighted by Gasteiger charge is -2.18. The van der Waals surface area contributed by atoms with Crippen LogP contribution in [0.5, 0.6) is 0 Å². The number of amides is 2. The first-order valence-corrected chi connectivity index (χ1v) is 11.2. The number of unbranched alkanes of at least 4 members (excludes halogenated alkanes) is 4. The van der Waals surface area contributed by atoms with Gasteiger partial charge in [0.2, 0.25) is 11.8 Å². The van der Waals surface area contributed by atoms with Crippen LogP contribution in [0.3, 0.4) is 0 Å². The molecular formula is C20H45N3O3S. The van der Waals surface area contributed by atoms with Crippen molar-refractivity contribution >= 4 is 24.4 Å². The van der Waals surface area contributed by atoms with Crippen LogP contribution in [-0.4, -0.2) is 48.4 Å². The lowest BCUT2D eigenvalue weighted by Crippen LogP contribution is -2.47. The molecule has 6 nitrogen and oxygen atoms in total. The largest absolute Gasteiger partial charge is 0.396 e. The second-order valence-corrected chi connectivity index (χ2v) is 6.46. The predicted molar refractivity (Wildman–Crippen MR) is 119 cm³/mol. The molecule has 0 heterocycles. The monoisotopic (exact) mass is 407 g/mol. The number of thiol groups is 1. The average molecular weight is 408 g/mol. The van der Waals surface area contributed by atoms with Gasteiger partial charge >= 0.3 is 0 Å². The molecule has 0 aliphatic carbocycles. The summed E-state index contributed by atoms with van der Waals surface area (Å²) in [6, 6.07) is -0.489. The van der Waals surface area contributed by atoms with Gasteiger partial charge in [-0.1, -0.05) is 47.0 Å². The summed E-state index contributed by atoms with van der Waals surface area (Å²) in [6.45, 7) is 9.65. The normalized spacial score (nSPS) is 10.6. The fourth-order valence-electron chi connectivity index (χ4n) is 2.05. The zero-order valence-electron chi connectivity index (χ0n) is 18.1. The number of hydrogen-bond donors (Lipinski definition) is 5. The minimum Gasteiger partial charge on any atom is -0.396 e. The second kappa shape index (κ2) is 27.4. The Morgan fingerprint density at radius 3 is 2.15 bits per heavy atom. The Morgan fingerprint density at radius 2 is 1.63 bits per heavy atom. The Hall–Kier alpha value is -0.790. The maximum Gasteiger partial charge on any atom is 0.242 e. The van der Waals surface area contributed by atoms with Gasteiger partial charge in [-0.3, -0.25) is 9.59 Å². The zero-order valence-corrected chi connectivity index (χ0v) is 19.0. The molecule has 2 amide bonds. The molecule has 0 aromatic heterocycles. The van der Waals surface area contributed by atoms with Gasteiger partial charge in [-0.15, -0.1) is 0 Å². The highest BCUT2D eigenvalue weighted by Gasteiger charge is 2.19. The van der Waals surface area contributed by atoms with E-state index in [4.69, 9.17) is 10.8 Å². The Bertz CT molecular complexity index is 319. The summed E-state index contributed by atoms with van der Waals surface area (Å²) < 4.78 is 0. The molecule has 27 heavy (non-hydrogen) atoms. The molecule has 1 unspecified atom stereocenters. The van der Waals surface area contributed by atoms with Crippen molar-refractivity contribution in [3.63, 3.8) is 0 Å². The third-order valence-electron chi connectivity index (χ3n) is 3.32. The van der Waals surface area contributed by atoms with Gasteiger partial charge in [0.25, 0.3) is 0 Å². The first kappa shape index (κ1) is 30.9. The fourth-order valence-corrected chi connectivity index (χ4v) is 2.26. The van der Waals surface area contributed by atoms with Crippen LogP contribution in [0.25, 0.3) is 0 Å². The van der Waals surface area contributed by atoms with Crippen molar-refractivity contribution < 1.29 is 14.7 Å². The molecule has 0 aliphatic heterocycles. The number of carbonyl (C=O) groups excluding carboxylic acids is 2. The molecule has 0 fully saturated rings. The van der Waals surface area contributed by atoms with E-state index in [-0.39, 0.29) is 18.4 Å². The van der Waals surface area contributed by atoms with Gasteiger partial charge in [-0.2, -0.15) is 12.6 Å². The van der Waals surface area contributed by atoms with Crippen molar-refractivity contribution in [3.8, 4) is 0 Å². The first-order valence-electron chi connectivity index (χ1n) is 10.6. The molecule has 0 saturated heterocycles. The lowest BCUT2D eigenvalue weighted by molar-refractivity contribution is -0.129. The molecule has 0 aliphatic rings. The van der Waals surface area contributed by atoms with E-state index in [9.17, 15) is 9.59 Å². The molecule has 0 spiro atoms. The summed E-state index contributed by atoms with van der Waals surface area (Å²) in [6.07, 6.45) is 7.44. The van der Waals surface area contributed by atoms with E-state index >= 15 is 0 Å². The molecule has 1 atom stereocenters. The van der Waals surface area contributed by atoms with E-state index < -0.39 is 6.04 Å². The van der Waals surface area contributed by atoms with E-state index in [1.165, 1.54) is 6.42 Å². The first-order chi connectivity index (χ1) is 13.1. The van der Waals surface area contributed by atoms with Gasteiger partial charge < -0.3 is 21.5 Å². The molecule has 0 bridgehead atoms. The van der Waals surface area contributed by atoms with Gasteiger partial charge in [0.1, 0.15) is 6.04 Å². The Morgan fingerprint density at radius 1 is 1.04 bits per heavy atom. The third kappa shape index (κ3) is 25.2. The van der Waals surface area contributed by atoms with Crippen LogP contribution in [0.15, 0.2) is 0 Å². The molecule has 7 heteroatoms. The topological polar surface area (TPSA) is 104 Å². The maximum absolute atomic E-state index is 12.1. The van der Waals surface area contributed by atoms with Gasteiger partial charge in [0.05, 0.1) is 0 Å². The number of aliphatic hydroxyl groups is 1. The Kier molecular flexibility index (Phi) is 31.4. The number of rotatable bonds is 14. The van der Waals surface area contributed by atoms with E-state index in [1.807, 2.05) is 13.8 Å². The molecule has 0 saturated carbocycles. The smallest absolute Gasteiger partial charge is 0.242 e. The highest BCUT2D eigenvalue weighted by molar-refractivity contribution is 7.80. The van der Waals surface area contributed by atoms with Crippen LogP contribution in [0.1, 0.15) is 85.5 Å². The molecule has 0 radical (unpaired) electrons. The van der Waals surface area contributed by atoms with Crippen molar-refractivity contribution in [1.29, 1.82) is 0 Å². The number of carbonyl (C=O) groups is 2. The quantitative estimate of drug-likeness (QED) is 0.225. The summed E-state index contributed by atoms with van der Waals surface area (Å²) in [4.78, 5) is 23.8. The zero-order chi connectivity index (χ0) is 21.3. The number of aliphatic hydroxyl groups excluding tert-OH is 1. The number of hydrogen-bond acceptors (Lipinski definition) is 5. The second-order valence-electron chi connectivity index (χ2n) is 6.01. The van der Waals surface area contributed by atoms with Crippen molar-refractivity contribution in [2.45, 2.75) is 91.5 Å². The van der Waals surface area contributed by atoms with E-state index in [0.717, 1.165) is 38.5 Å². The summed E-state index contributed by atoms with van der Waals surface area (Å²) in [5.41, 5.74) is 5.46. The minimum absolute atomic E-state index is 0.133. The van der Waals surface area contributed by atoms with Crippen LogP contribution in [0.2, 0.25) is 0 Å². The summed E-state index contributed by atoms with van der Waals surface area (Å²) in [7, 11) is 0. The summed E-state index contributed by atoms with van der Waals surface area (Å²) in [5.74, 6) is 0.186. The van der Waals surface area contributed by atoms with E-state index in [1.54, 1.807) is 0 Å². The lowest BCUT2D eigenvalue weighted by atomic mass is 10.1. The average Bonchev–Trinajstić information content (AvgIpc) is 2.66. The fraction of sp³-hybridized carbons (Fsp3) is 0.900. The van der Waals surface area contributed by atoms with Crippen molar-refractivity contribution in [2.75, 3.05) is 25.4 Å². The SMILES string of the molecule is CC.CCC.NCCCCC(NC(=O)CCS)C(=O)NCCCCCCO. The van der Waals surface area contributed by atoms with Crippen molar-refractivity contribution in [1.82, 2.24) is 10.6 Å². The minimum atomic E-state index is -0.489. The van der Waals surface area contributed by atoms with Crippen LogP contribution in [0.4, 0.5) is 0 Å². The molecule has 0 aromatic carbocycles. The number of nitrogens with two attached hydrogens (primary N) is 1. The highest BCUT2D eigenvalue weighted by Crippen LogP contribution is 2.03. The molecular weight excluding hydrogens is 362 g/mol. The van der Waals surface area contributed by atoms with E-state index in [0.29, 0.717) is 31.7 Å². The highest BCUT2D eigenvalue weighted by atomic mass is 32.1. The molecule has 0 aromatic rings. The van der Waals surface area contributed by atoms with Crippen LogP contribution < -0.4 is 16.4 Å². The standard InChI is InChI=1S/C15H31N3O3S.C3H8.C2H6/c16-9-4-3-7-13(18-14(20)8-12-22)15(21)17-10-5-1-2-6-11-19;1-3-2;1-2/h13,19,22H,1-12,16H2,(H,17,21)(H,18,20);3H2,1-2H3;1-2H3. The molecule has 5 N–H and O–H groups in total. The van der Waals surface area contributed by atoms with E-state index in [2.05, 4.69) is 37.1 Å². The van der Waals surface area contributed by atoms with Gasteiger partial charge in [-0.25, -0.2) is 0 Å². The van der Waals surface area contributed by atoms with Crippen LogP contribution in [0, 0.1) is 0 Å². The number of nitrogens with one attached hydrogen (secondary N) is 2. The predicted octanol–water partition coefficient (Wildman–Crippen LogP) is 3.03. The Balaban J connectivity index is -0.00000104. The van der Waals surface area contributed by atoms with Gasteiger partial charge in [0.15, 0.2) is 0 Å². The summed E-state index contributed by atoms with van der Waals surface area (Å²) >= 11 is 4.02. The van der Waals surface area contributed by atoms with Crippen LogP contribution >= 0.6 is 12.6 Å². The summed E-state index contributed by atoms with van der Waals surface area (Å²) in [5, 5.41) is 14.3. The Labute approximate surface area is 172 Å².